The average Bonchev–Trinajstić information content (AvgIpc) is 3.60. The summed E-state index contributed by atoms with van der Waals surface area (Å²) < 4.78 is 56.3. The standard InChI is InChI=1S/C30H24F4N6O3S/c1-18(2)24-15-21(31)7-12-25(24)40-26(41)16-44-29(40)37-28(42)35-14-13-19-3-5-20(6-4-19)27-36-17-39(38-27)22-8-10-23(11-9-22)43-30(32,33)34/h3-12,14-15,17-18H,13,16H2,1-2H3. The molecule has 4 aromatic rings. The summed E-state index contributed by atoms with van der Waals surface area (Å²) in [6.45, 7) is 3.77. The molecular weight excluding hydrogens is 600 g/mol. The van der Waals surface area contributed by atoms with E-state index < -0.39 is 18.2 Å². The molecule has 226 valence electrons. The number of urea groups is 1. The monoisotopic (exact) mass is 624 g/mol. The summed E-state index contributed by atoms with van der Waals surface area (Å²) >= 11 is 1.12. The highest BCUT2D eigenvalue weighted by atomic mass is 32.2. The molecular formula is C30H24F4N6O3S. The van der Waals surface area contributed by atoms with Gasteiger partial charge >= 0.3 is 12.4 Å². The molecule has 2 heterocycles. The van der Waals surface area contributed by atoms with E-state index in [9.17, 15) is 27.2 Å². The number of alkyl halides is 3. The molecule has 1 aliphatic rings. The third-order valence-electron chi connectivity index (χ3n) is 6.38. The molecule has 3 aromatic carbocycles. The van der Waals surface area contributed by atoms with Gasteiger partial charge in [-0.25, -0.2) is 23.8 Å². The van der Waals surface area contributed by atoms with Crippen molar-refractivity contribution in [1.29, 1.82) is 0 Å². The van der Waals surface area contributed by atoms with Crippen molar-refractivity contribution in [1.82, 2.24) is 14.8 Å². The van der Waals surface area contributed by atoms with E-state index in [2.05, 4.69) is 24.8 Å². The molecule has 1 fully saturated rings. The van der Waals surface area contributed by atoms with Gasteiger partial charge in [0.05, 0.1) is 17.1 Å². The predicted molar refractivity (Wildman–Crippen MR) is 159 cm³/mol. The molecule has 1 saturated heterocycles. The average molecular weight is 625 g/mol. The highest BCUT2D eigenvalue weighted by Crippen LogP contribution is 2.34. The van der Waals surface area contributed by atoms with Crippen molar-refractivity contribution in [2.75, 3.05) is 10.7 Å². The largest absolute Gasteiger partial charge is 0.573 e. The van der Waals surface area contributed by atoms with Crippen molar-refractivity contribution in [3.05, 3.63) is 90.0 Å². The van der Waals surface area contributed by atoms with Gasteiger partial charge < -0.3 is 4.74 Å². The highest BCUT2D eigenvalue weighted by Gasteiger charge is 2.33. The molecule has 1 aromatic heterocycles. The van der Waals surface area contributed by atoms with Gasteiger partial charge in [0, 0.05) is 18.2 Å². The van der Waals surface area contributed by atoms with Crippen LogP contribution in [0.1, 0.15) is 30.9 Å². The van der Waals surface area contributed by atoms with Gasteiger partial charge in [0.15, 0.2) is 11.0 Å². The van der Waals surface area contributed by atoms with Crippen molar-refractivity contribution in [2.24, 2.45) is 9.98 Å². The van der Waals surface area contributed by atoms with Crippen LogP contribution in [0.4, 0.5) is 28.0 Å². The van der Waals surface area contributed by atoms with Gasteiger partial charge in [-0.3, -0.25) is 9.69 Å². The van der Waals surface area contributed by atoms with E-state index in [-0.39, 0.29) is 28.5 Å². The molecule has 0 atom stereocenters. The minimum Gasteiger partial charge on any atom is -0.406 e. The Balaban J connectivity index is 1.21. The second-order valence-corrected chi connectivity index (χ2v) is 10.8. The minimum atomic E-state index is -4.77. The summed E-state index contributed by atoms with van der Waals surface area (Å²) in [5.74, 6) is -0.562. The summed E-state index contributed by atoms with van der Waals surface area (Å²) in [6.07, 6.45) is -1.58. The number of carbonyl (C=O) groups excluding carboxylic acids is 2. The van der Waals surface area contributed by atoms with Gasteiger partial charge in [-0.15, -0.1) is 18.3 Å². The zero-order valence-corrected chi connectivity index (χ0v) is 24.1. The van der Waals surface area contributed by atoms with E-state index in [4.69, 9.17) is 0 Å². The van der Waals surface area contributed by atoms with Gasteiger partial charge in [0.25, 0.3) is 0 Å². The molecule has 0 aliphatic carbocycles. The van der Waals surface area contributed by atoms with Crippen LogP contribution in [0.25, 0.3) is 17.1 Å². The van der Waals surface area contributed by atoms with E-state index in [1.807, 2.05) is 26.0 Å². The van der Waals surface area contributed by atoms with Gasteiger partial charge in [-0.2, -0.15) is 4.99 Å². The Morgan fingerprint density at radius 2 is 1.82 bits per heavy atom. The van der Waals surface area contributed by atoms with Crippen LogP contribution in [0.5, 0.6) is 5.75 Å². The number of hydrogen-bond acceptors (Lipinski definition) is 6. The van der Waals surface area contributed by atoms with E-state index in [1.165, 1.54) is 64.6 Å². The zero-order chi connectivity index (χ0) is 31.4. The Bertz CT molecular complexity index is 1730. The molecule has 0 bridgehead atoms. The lowest BCUT2D eigenvalue weighted by Gasteiger charge is -2.21. The number of ether oxygens (including phenoxy) is 1. The second kappa shape index (κ2) is 12.8. The maximum Gasteiger partial charge on any atom is 0.573 e. The number of benzene rings is 3. The lowest BCUT2D eigenvalue weighted by atomic mass is 10.0. The fourth-order valence-electron chi connectivity index (χ4n) is 4.32. The normalized spacial score (nSPS) is 14.8. The first kappa shape index (κ1) is 30.6. The highest BCUT2D eigenvalue weighted by molar-refractivity contribution is 8.15. The van der Waals surface area contributed by atoms with Gasteiger partial charge in [-0.05, 0) is 59.5 Å². The van der Waals surface area contributed by atoms with Crippen molar-refractivity contribution in [3.63, 3.8) is 0 Å². The molecule has 5 rings (SSSR count). The number of thioether (sulfide) groups is 1. The van der Waals surface area contributed by atoms with Gasteiger partial charge in [-0.1, -0.05) is 49.9 Å². The maximum atomic E-state index is 13.9. The first-order valence-electron chi connectivity index (χ1n) is 13.2. The predicted octanol–water partition coefficient (Wildman–Crippen LogP) is 6.96. The van der Waals surface area contributed by atoms with Crippen LogP contribution in [0, 0.1) is 5.82 Å². The van der Waals surface area contributed by atoms with Crippen LogP contribution in [-0.2, 0) is 11.2 Å². The molecule has 0 radical (unpaired) electrons. The van der Waals surface area contributed by atoms with Crippen LogP contribution >= 0.6 is 11.8 Å². The lowest BCUT2D eigenvalue weighted by molar-refractivity contribution is -0.274. The maximum absolute atomic E-state index is 13.9. The topological polar surface area (TPSA) is 102 Å². The second-order valence-electron chi connectivity index (χ2n) is 9.82. The SMILES string of the molecule is CC(C)c1cc(F)ccc1N1C(=O)CSC1=NC(=O)N=CCc1ccc(-c2ncn(-c3ccc(OC(F)(F)F)cc3)n2)cc1. The van der Waals surface area contributed by atoms with E-state index >= 15 is 0 Å². The third kappa shape index (κ3) is 7.37. The van der Waals surface area contributed by atoms with Crippen LogP contribution < -0.4 is 9.64 Å². The van der Waals surface area contributed by atoms with E-state index in [0.29, 0.717) is 34.7 Å². The quantitative estimate of drug-likeness (QED) is 0.163. The first-order valence-corrected chi connectivity index (χ1v) is 14.2. The van der Waals surface area contributed by atoms with Crippen LogP contribution in [-0.4, -0.2) is 50.2 Å². The molecule has 14 heteroatoms. The Morgan fingerprint density at radius 3 is 2.50 bits per heavy atom. The van der Waals surface area contributed by atoms with Crippen molar-refractivity contribution in [3.8, 4) is 22.8 Å². The molecule has 0 unspecified atom stereocenters. The number of halogens is 4. The summed E-state index contributed by atoms with van der Waals surface area (Å²) in [7, 11) is 0. The van der Waals surface area contributed by atoms with Gasteiger partial charge in [0.2, 0.25) is 5.91 Å². The fourth-order valence-corrected chi connectivity index (χ4v) is 5.18. The van der Waals surface area contributed by atoms with E-state index in [1.54, 1.807) is 12.1 Å². The summed E-state index contributed by atoms with van der Waals surface area (Å²) in [4.78, 5) is 38.6. The number of amidine groups is 1. The number of carbonyl (C=O) groups is 2. The molecule has 44 heavy (non-hydrogen) atoms. The number of anilines is 1. The smallest absolute Gasteiger partial charge is 0.406 e. The Hall–Kier alpha value is -4.85. The lowest BCUT2D eigenvalue weighted by Crippen LogP contribution is -2.30. The summed E-state index contributed by atoms with van der Waals surface area (Å²) in [5.41, 5.74) is 3.16. The fraction of sp³-hybridized carbons (Fsp3) is 0.200. The molecule has 0 saturated carbocycles. The van der Waals surface area contributed by atoms with Crippen molar-refractivity contribution < 1.29 is 31.9 Å². The number of nitrogens with zero attached hydrogens (tertiary/aromatic N) is 6. The summed E-state index contributed by atoms with van der Waals surface area (Å²) in [5, 5.41) is 4.57. The Labute approximate surface area is 253 Å². The number of aliphatic imine (C=N–C) groups is 2. The molecule has 9 nitrogen and oxygen atoms in total. The number of amides is 3. The van der Waals surface area contributed by atoms with Crippen molar-refractivity contribution in [2.45, 2.75) is 32.5 Å². The first-order chi connectivity index (χ1) is 21.0. The molecule has 0 N–H and O–H groups in total. The van der Waals surface area contributed by atoms with Crippen molar-refractivity contribution >= 4 is 40.8 Å². The van der Waals surface area contributed by atoms with E-state index in [0.717, 1.165) is 17.3 Å². The molecule has 0 spiro atoms. The Kier molecular flexibility index (Phi) is 8.90. The zero-order valence-electron chi connectivity index (χ0n) is 23.3. The molecule has 1 aliphatic heterocycles. The minimum absolute atomic E-state index is 0.0607. The summed E-state index contributed by atoms with van der Waals surface area (Å²) in [6, 6.07) is 15.8. The number of aromatic nitrogens is 3. The van der Waals surface area contributed by atoms with Crippen LogP contribution in [0.2, 0.25) is 0 Å². The number of rotatable bonds is 7. The van der Waals surface area contributed by atoms with Crippen LogP contribution in [0.15, 0.2) is 83.0 Å². The molecule has 3 amide bonds. The Morgan fingerprint density at radius 1 is 1.09 bits per heavy atom. The third-order valence-corrected chi connectivity index (χ3v) is 7.30. The van der Waals surface area contributed by atoms with Gasteiger partial charge in [0.1, 0.15) is 17.9 Å². The van der Waals surface area contributed by atoms with Crippen LogP contribution in [0.3, 0.4) is 0 Å². The number of hydrogen-bond donors (Lipinski definition) is 0.